The van der Waals surface area contributed by atoms with Crippen LogP contribution in [0.2, 0.25) is 10.0 Å². The number of carbonyl (C=O) groups excluding carboxylic acids is 2. The highest BCUT2D eigenvalue weighted by atomic mass is 35.5. The molecule has 1 N–H and O–H groups in total. The third kappa shape index (κ3) is 7.09. The van der Waals surface area contributed by atoms with E-state index in [9.17, 15) is 18.0 Å². The molecular formula is C23H29Cl2N3O4S. The van der Waals surface area contributed by atoms with Crippen LogP contribution in [0.1, 0.15) is 31.4 Å². The molecule has 2 aromatic carbocycles. The van der Waals surface area contributed by atoms with Crippen LogP contribution in [0.15, 0.2) is 42.5 Å². The molecule has 0 aliphatic carbocycles. The van der Waals surface area contributed by atoms with Gasteiger partial charge in [-0.25, -0.2) is 8.42 Å². The van der Waals surface area contributed by atoms with Gasteiger partial charge in [0.2, 0.25) is 21.8 Å². The number of anilines is 1. The second-order valence-corrected chi connectivity index (χ2v) is 10.4. The molecule has 0 heterocycles. The fraction of sp³-hybridized carbons (Fsp3) is 0.391. The number of benzene rings is 2. The molecule has 0 fully saturated rings. The van der Waals surface area contributed by atoms with Crippen LogP contribution >= 0.6 is 23.2 Å². The molecule has 0 saturated carbocycles. The maximum Gasteiger partial charge on any atom is 0.244 e. The van der Waals surface area contributed by atoms with E-state index in [2.05, 4.69) is 5.32 Å². The van der Waals surface area contributed by atoms with Crippen molar-refractivity contribution in [2.75, 3.05) is 23.7 Å². The molecule has 0 saturated heterocycles. The summed E-state index contributed by atoms with van der Waals surface area (Å²) in [4.78, 5) is 27.7. The van der Waals surface area contributed by atoms with E-state index < -0.39 is 28.5 Å². The van der Waals surface area contributed by atoms with Gasteiger partial charge in [-0.3, -0.25) is 13.9 Å². The van der Waals surface area contributed by atoms with Crippen LogP contribution in [0.5, 0.6) is 0 Å². The maximum absolute atomic E-state index is 13.6. The molecule has 1 unspecified atom stereocenters. The van der Waals surface area contributed by atoms with Crippen LogP contribution in [0.25, 0.3) is 0 Å². The standard InChI is InChI=1S/C23H29Cl2N3O4S/c1-5-20(23(30)26-6-2)27(14-17-9-7-8-10-19(17)25)22(29)15-28(33(4,31)32)21-13-18(24)12-11-16(21)3/h7-13,20H,5-6,14-15H2,1-4H3,(H,26,30). The van der Waals surface area contributed by atoms with Crippen molar-refractivity contribution in [1.29, 1.82) is 0 Å². The first-order valence-corrected chi connectivity index (χ1v) is 13.1. The number of sulfonamides is 1. The van der Waals surface area contributed by atoms with Crippen molar-refractivity contribution in [1.82, 2.24) is 10.2 Å². The summed E-state index contributed by atoms with van der Waals surface area (Å²) in [6, 6.07) is 11.1. The molecule has 33 heavy (non-hydrogen) atoms. The van der Waals surface area contributed by atoms with Crippen molar-refractivity contribution < 1.29 is 18.0 Å². The molecule has 2 amide bonds. The smallest absolute Gasteiger partial charge is 0.244 e. The van der Waals surface area contributed by atoms with Crippen molar-refractivity contribution in [3.63, 3.8) is 0 Å². The Hall–Kier alpha value is -2.29. The molecule has 7 nitrogen and oxygen atoms in total. The Balaban J connectivity index is 2.49. The fourth-order valence-corrected chi connectivity index (χ4v) is 4.73. The molecule has 0 aromatic heterocycles. The predicted octanol–water partition coefficient (Wildman–Crippen LogP) is 4.01. The molecular weight excluding hydrogens is 485 g/mol. The van der Waals surface area contributed by atoms with Crippen LogP contribution in [-0.4, -0.2) is 50.5 Å². The van der Waals surface area contributed by atoms with Crippen molar-refractivity contribution in [2.24, 2.45) is 0 Å². The monoisotopic (exact) mass is 513 g/mol. The number of amides is 2. The third-order valence-corrected chi connectivity index (χ3v) is 6.88. The Morgan fingerprint density at radius 3 is 2.33 bits per heavy atom. The quantitative estimate of drug-likeness (QED) is 0.519. The largest absolute Gasteiger partial charge is 0.355 e. The van der Waals surface area contributed by atoms with Gasteiger partial charge < -0.3 is 10.2 Å². The number of aryl methyl sites for hydroxylation is 1. The first kappa shape index (κ1) is 27.0. The van der Waals surface area contributed by atoms with Gasteiger partial charge >= 0.3 is 0 Å². The van der Waals surface area contributed by atoms with Crippen molar-refractivity contribution in [3.8, 4) is 0 Å². The Morgan fingerprint density at radius 2 is 1.76 bits per heavy atom. The van der Waals surface area contributed by atoms with E-state index in [1.807, 2.05) is 0 Å². The van der Waals surface area contributed by atoms with Crippen LogP contribution in [-0.2, 0) is 26.2 Å². The summed E-state index contributed by atoms with van der Waals surface area (Å²) in [6.45, 7) is 5.29. The lowest BCUT2D eigenvalue weighted by atomic mass is 10.1. The molecule has 0 aliphatic rings. The molecule has 2 rings (SSSR count). The summed E-state index contributed by atoms with van der Waals surface area (Å²) in [5.41, 5.74) is 1.60. The number of halogens is 2. The van der Waals surface area contributed by atoms with Crippen molar-refractivity contribution >= 4 is 50.7 Å². The van der Waals surface area contributed by atoms with Gasteiger partial charge in [-0.1, -0.05) is 54.4 Å². The zero-order valence-electron chi connectivity index (χ0n) is 19.1. The van der Waals surface area contributed by atoms with Gasteiger partial charge in [-0.15, -0.1) is 0 Å². The number of likely N-dealkylation sites (N-methyl/N-ethyl adjacent to an activating group) is 1. The summed E-state index contributed by atoms with van der Waals surface area (Å²) >= 11 is 12.4. The minimum absolute atomic E-state index is 0.0558. The molecule has 0 spiro atoms. The van der Waals surface area contributed by atoms with Crippen LogP contribution in [0, 0.1) is 6.92 Å². The highest BCUT2D eigenvalue weighted by Crippen LogP contribution is 2.27. The van der Waals surface area contributed by atoms with Crippen LogP contribution < -0.4 is 9.62 Å². The van der Waals surface area contributed by atoms with Gasteiger partial charge in [-0.05, 0) is 49.6 Å². The van der Waals surface area contributed by atoms with E-state index in [0.717, 1.165) is 10.6 Å². The minimum atomic E-state index is -3.83. The number of nitrogens with zero attached hydrogens (tertiary/aromatic N) is 2. The van der Waals surface area contributed by atoms with Gasteiger partial charge in [0, 0.05) is 23.1 Å². The van der Waals surface area contributed by atoms with Gasteiger partial charge in [0.05, 0.1) is 11.9 Å². The SMILES string of the molecule is CCNC(=O)C(CC)N(Cc1ccccc1Cl)C(=O)CN(c1cc(Cl)ccc1C)S(C)(=O)=O. The van der Waals surface area contributed by atoms with Crippen LogP contribution in [0.4, 0.5) is 5.69 Å². The zero-order valence-corrected chi connectivity index (χ0v) is 21.5. The van der Waals surface area contributed by atoms with E-state index in [0.29, 0.717) is 39.8 Å². The molecule has 0 bridgehead atoms. The Morgan fingerprint density at radius 1 is 1.09 bits per heavy atom. The lowest BCUT2D eigenvalue weighted by Crippen LogP contribution is -2.52. The summed E-state index contributed by atoms with van der Waals surface area (Å²) in [7, 11) is -3.83. The summed E-state index contributed by atoms with van der Waals surface area (Å²) in [5.74, 6) is -0.844. The lowest BCUT2D eigenvalue weighted by molar-refractivity contribution is -0.140. The third-order valence-electron chi connectivity index (χ3n) is 5.15. The second kappa shape index (κ2) is 11.7. The predicted molar refractivity (Wildman–Crippen MR) is 133 cm³/mol. The van der Waals surface area contributed by atoms with E-state index in [4.69, 9.17) is 23.2 Å². The lowest BCUT2D eigenvalue weighted by Gasteiger charge is -2.33. The van der Waals surface area contributed by atoms with E-state index in [1.54, 1.807) is 57.2 Å². The highest BCUT2D eigenvalue weighted by Gasteiger charge is 2.32. The number of carbonyl (C=O) groups is 2. The maximum atomic E-state index is 13.6. The van der Waals surface area contributed by atoms with Crippen molar-refractivity contribution in [3.05, 3.63) is 63.6 Å². The molecule has 180 valence electrons. The number of hydrogen-bond acceptors (Lipinski definition) is 4. The van der Waals surface area contributed by atoms with E-state index >= 15 is 0 Å². The fourth-order valence-electron chi connectivity index (χ4n) is 3.47. The Kier molecular flexibility index (Phi) is 9.57. The summed E-state index contributed by atoms with van der Waals surface area (Å²) in [6.07, 6.45) is 1.37. The Labute approximate surface area is 205 Å². The van der Waals surface area contributed by atoms with E-state index in [1.165, 1.54) is 11.0 Å². The minimum Gasteiger partial charge on any atom is -0.355 e. The molecule has 2 aromatic rings. The zero-order chi connectivity index (χ0) is 24.8. The first-order chi connectivity index (χ1) is 15.5. The first-order valence-electron chi connectivity index (χ1n) is 10.5. The molecule has 1 atom stereocenters. The normalized spacial score (nSPS) is 12.2. The summed E-state index contributed by atoms with van der Waals surface area (Å²) < 4.78 is 26.3. The van der Waals surface area contributed by atoms with E-state index in [-0.39, 0.29) is 12.5 Å². The second-order valence-electron chi connectivity index (χ2n) is 7.63. The summed E-state index contributed by atoms with van der Waals surface area (Å²) in [5, 5.41) is 3.55. The van der Waals surface area contributed by atoms with Crippen molar-refractivity contribution in [2.45, 2.75) is 39.8 Å². The average molecular weight is 514 g/mol. The van der Waals surface area contributed by atoms with Gasteiger partial charge in [-0.2, -0.15) is 0 Å². The Bertz CT molecular complexity index is 1110. The molecule has 10 heteroatoms. The van der Waals surface area contributed by atoms with Crippen LogP contribution in [0.3, 0.4) is 0 Å². The number of nitrogens with one attached hydrogen (secondary N) is 1. The molecule has 0 aliphatic heterocycles. The number of rotatable bonds is 10. The van der Waals surface area contributed by atoms with Gasteiger partial charge in [0.1, 0.15) is 12.6 Å². The van der Waals surface area contributed by atoms with Gasteiger partial charge in [0.15, 0.2) is 0 Å². The molecule has 0 radical (unpaired) electrons. The number of hydrogen-bond donors (Lipinski definition) is 1. The van der Waals surface area contributed by atoms with Gasteiger partial charge in [0.25, 0.3) is 0 Å². The average Bonchev–Trinajstić information content (AvgIpc) is 2.74. The highest BCUT2D eigenvalue weighted by molar-refractivity contribution is 7.92. The topological polar surface area (TPSA) is 86.8 Å².